The van der Waals surface area contributed by atoms with Crippen LogP contribution in [0.2, 0.25) is 0 Å². The number of rotatable bonds is 2. The number of nitrogens with zero attached hydrogens (tertiary/aromatic N) is 5. The lowest BCUT2D eigenvalue weighted by Gasteiger charge is -2.05. The van der Waals surface area contributed by atoms with E-state index in [4.69, 9.17) is 0 Å². The van der Waals surface area contributed by atoms with Crippen LogP contribution in [0.3, 0.4) is 0 Å². The first-order valence-corrected chi connectivity index (χ1v) is 5.84. The van der Waals surface area contributed by atoms with Crippen LogP contribution in [0.4, 0.5) is 0 Å². The number of aryl methyl sites for hydroxylation is 1. The van der Waals surface area contributed by atoms with E-state index in [9.17, 15) is 0 Å². The van der Waals surface area contributed by atoms with E-state index in [2.05, 4.69) is 24.9 Å². The van der Waals surface area contributed by atoms with Crippen LogP contribution < -0.4 is 0 Å². The van der Waals surface area contributed by atoms with E-state index in [1.807, 2.05) is 31.2 Å². The summed E-state index contributed by atoms with van der Waals surface area (Å²) < 4.78 is 0. The molecular weight excluding hydrogens is 238 g/mol. The third kappa shape index (κ3) is 2.44. The summed E-state index contributed by atoms with van der Waals surface area (Å²) in [6.07, 6.45) is 6.45. The molecule has 0 spiro atoms. The third-order valence-corrected chi connectivity index (χ3v) is 2.66. The molecule has 3 aromatic rings. The fourth-order valence-corrected chi connectivity index (χ4v) is 1.81. The lowest BCUT2D eigenvalue weighted by molar-refractivity contribution is 1.13. The molecule has 0 aliphatic heterocycles. The minimum Gasteiger partial charge on any atom is -0.245 e. The molecule has 3 rings (SSSR count). The van der Waals surface area contributed by atoms with Crippen molar-refractivity contribution in [2.45, 2.75) is 6.92 Å². The number of hydrogen-bond donors (Lipinski definition) is 0. The summed E-state index contributed by atoms with van der Waals surface area (Å²) in [6.45, 7) is 2.02. The van der Waals surface area contributed by atoms with Crippen LogP contribution in [0.15, 0.2) is 49.3 Å². The highest BCUT2D eigenvalue weighted by Crippen LogP contribution is 2.21. The van der Waals surface area contributed by atoms with Crippen molar-refractivity contribution in [3.05, 3.63) is 54.9 Å². The van der Waals surface area contributed by atoms with Gasteiger partial charge in [-0.25, -0.2) is 24.9 Å². The summed E-state index contributed by atoms with van der Waals surface area (Å²) in [4.78, 5) is 20.9. The second-order valence-corrected chi connectivity index (χ2v) is 4.10. The highest BCUT2D eigenvalue weighted by atomic mass is 14.9. The second-order valence-electron chi connectivity index (χ2n) is 4.10. The van der Waals surface area contributed by atoms with Gasteiger partial charge in [0.25, 0.3) is 0 Å². The molecule has 3 heterocycles. The maximum absolute atomic E-state index is 4.59. The molecule has 0 bridgehead atoms. The fraction of sp³-hybridized carbons (Fsp3) is 0.0714. The minimum absolute atomic E-state index is 0.800. The topological polar surface area (TPSA) is 64.5 Å². The van der Waals surface area contributed by atoms with Crippen molar-refractivity contribution in [2.24, 2.45) is 0 Å². The first-order valence-electron chi connectivity index (χ1n) is 5.84. The van der Waals surface area contributed by atoms with Crippen molar-refractivity contribution in [3.8, 4) is 22.8 Å². The predicted octanol–water partition coefficient (Wildman–Crippen LogP) is 2.30. The Kier molecular flexibility index (Phi) is 2.94. The lowest BCUT2D eigenvalue weighted by Crippen LogP contribution is -1.94. The summed E-state index contributed by atoms with van der Waals surface area (Å²) in [7, 11) is 0. The molecule has 0 aliphatic rings. The Morgan fingerprint density at radius 3 is 1.68 bits per heavy atom. The van der Waals surface area contributed by atoms with Gasteiger partial charge in [-0.15, -0.1) is 0 Å². The van der Waals surface area contributed by atoms with Crippen molar-refractivity contribution < 1.29 is 0 Å². The van der Waals surface area contributed by atoms with E-state index < -0.39 is 0 Å². The first-order chi connectivity index (χ1) is 9.33. The average Bonchev–Trinajstić information content (AvgIpc) is 2.48. The summed E-state index contributed by atoms with van der Waals surface area (Å²) in [5.41, 5.74) is 4.34. The van der Waals surface area contributed by atoms with Gasteiger partial charge < -0.3 is 0 Å². The van der Waals surface area contributed by atoms with E-state index in [0.717, 1.165) is 28.3 Å². The molecule has 5 heteroatoms. The molecule has 0 N–H and O–H groups in total. The van der Waals surface area contributed by atoms with E-state index in [-0.39, 0.29) is 0 Å². The third-order valence-electron chi connectivity index (χ3n) is 2.66. The standard InChI is InChI=1S/C14H11N5/c1-10-6-13(11-2-4-15-8-17-11)19-14(7-10)12-3-5-16-9-18-12/h2-9H,1H3. The van der Waals surface area contributed by atoms with Crippen LogP contribution in [-0.2, 0) is 0 Å². The van der Waals surface area contributed by atoms with Crippen LogP contribution >= 0.6 is 0 Å². The molecule has 3 aromatic heterocycles. The molecule has 0 aliphatic carbocycles. The van der Waals surface area contributed by atoms with E-state index in [0.29, 0.717) is 0 Å². The van der Waals surface area contributed by atoms with E-state index in [1.165, 1.54) is 12.7 Å². The number of hydrogen-bond acceptors (Lipinski definition) is 5. The molecule has 92 valence electrons. The van der Waals surface area contributed by atoms with Gasteiger partial charge in [0.2, 0.25) is 0 Å². The van der Waals surface area contributed by atoms with Crippen LogP contribution in [0.1, 0.15) is 5.56 Å². The average molecular weight is 249 g/mol. The number of pyridine rings is 1. The molecule has 0 unspecified atom stereocenters. The number of aromatic nitrogens is 5. The molecule has 0 atom stereocenters. The minimum atomic E-state index is 0.800. The highest BCUT2D eigenvalue weighted by Gasteiger charge is 2.06. The smallest absolute Gasteiger partial charge is 0.116 e. The molecule has 5 nitrogen and oxygen atoms in total. The zero-order valence-electron chi connectivity index (χ0n) is 10.4. The largest absolute Gasteiger partial charge is 0.245 e. The van der Waals surface area contributed by atoms with Gasteiger partial charge >= 0.3 is 0 Å². The maximum Gasteiger partial charge on any atom is 0.116 e. The SMILES string of the molecule is Cc1cc(-c2ccncn2)nc(-c2ccncn2)c1. The summed E-state index contributed by atoms with van der Waals surface area (Å²) in [5, 5.41) is 0. The van der Waals surface area contributed by atoms with Gasteiger partial charge in [0.1, 0.15) is 12.7 Å². The fourth-order valence-electron chi connectivity index (χ4n) is 1.81. The highest BCUT2D eigenvalue weighted by molar-refractivity contribution is 5.62. The van der Waals surface area contributed by atoms with Gasteiger partial charge in [0.15, 0.2) is 0 Å². The van der Waals surface area contributed by atoms with E-state index >= 15 is 0 Å². The second kappa shape index (κ2) is 4.89. The van der Waals surface area contributed by atoms with Crippen LogP contribution in [-0.4, -0.2) is 24.9 Å². The predicted molar refractivity (Wildman–Crippen MR) is 71.0 cm³/mol. The molecule has 0 saturated heterocycles. The van der Waals surface area contributed by atoms with Crippen molar-refractivity contribution >= 4 is 0 Å². The normalized spacial score (nSPS) is 10.4. The van der Waals surface area contributed by atoms with Gasteiger partial charge in [-0.2, -0.15) is 0 Å². The summed E-state index contributed by atoms with van der Waals surface area (Å²) in [5.74, 6) is 0. The zero-order valence-corrected chi connectivity index (χ0v) is 10.4. The van der Waals surface area contributed by atoms with Crippen LogP contribution in [0.5, 0.6) is 0 Å². The molecular formula is C14H11N5. The summed E-state index contributed by atoms with van der Waals surface area (Å²) in [6, 6.07) is 7.66. The van der Waals surface area contributed by atoms with Crippen molar-refractivity contribution in [1.29, 1.82) is 0 Å². The Morgan fingerprint density at radius 2 is 1.26 bits per heavy atom. The van der Waals surface area contributed by atoms with Crippen molar-refractivity contribution in [2.75, 3.05) is 0 Å². The maximum atomic E-state index is 4.59. The van der Waals surface area contributed by atoms with E-state index in [1.54, 1.807) is 12.4 Å². The molecule has 0 amide bonds. The van der Waals surface area contributed by atoms with Gasteiger partial charge in [0.05, 0.1) is 22.8 Å². The Hall–Kier alpha value is -2.69. The molecule has 0 saturated carbocycles. The molecule has 0 fully saturated rings. The Balaban J connectivity index is 2.12. The first kappa shape index (κ1) is 11.4. The lowest BCUT2D eigenvalue weighted by atomic mass is 10.1. The quantitative estimate of drug-likeness (QED) is 0.697. The molecule has 0 radical (unpaired) electrons. The van der Waals surface area contributed by atoms with Crippen LogP contribution in [0.25, 0.3) is 22.8 Å². The Labute approximate surface area is 110 Å². The Bertz CT molecular complexity index is 625. The van der Waals surface area contributed by atoms with Gasteiger partial charge in [-0.05, 0) is 36.8 Å². The van der Waals surface area contributed by atoms with Gasteiger partial charge in [-0.3, -0.25) is 0 Å². The zero-order chi connectivity index (χ0) is 13.1. The van der Waals surface area contributed by atoms with Crippen LogP contribution in [0, 0.1) is 6.92 Å². The van der Waals surface area contributed by atoms with Gasteiger partial charge in [-0.1, -0.05) is 0 Å². The Morgan fingerprint density at radius 1 is 0.737 bits per heavy atom. The molecule has 19 heavy (non-hydrogen) atoms. The van der Waals surface area contributed by atoms with Crippen molar-refractivity contribution in [3.63, 3.8) is 0 Å². The summed E-state index contributed by atoms with van der Waals surface area (Å²) >= 11 is 0. The molecule has 0 aromatic carbocycles. The van der Waals surface area contributed by atoms with Crippen molar-refractivity contribution in [1.82, 2.24) is 24.9 Å². The van der Waals surface area contributed by atoms with Gasteiger partial charge in [0, 0.05) is 12.4 Å². The monoisotopic (exact) mass is 249 g/mol.